The molecule has 6 heteroatoms. The second kappa shape index (κ2) is 11.3. The normalized spacial score (nSPS) is 17.1. The van der Waals surface area contributed by atoms with E-state index < -0.39 is 0 Å². The molecule has 1 saturated heterocycles. The van der Waals surface area contributed by atoms with Crippen LogP contribution < -0.4 is 10.6 Å². The number of hydrogen-bond donors (Lipinski definition) is 2. The third kappa shape index (κ3) is 6.97. The molecule has 1 aliphatic rings. The highest BCUT2D eigenvalue weighted by molar-refractivity contribution is 14.0. The van der Waals surface area contributed by atoms with Gasteiger partial charge in [0.15, 0.2) is 5.96 Å². The van der Waals surface area contributed by atoms with Gasteiger partial charge >= 0.3 is 0 Å². The first-order valence-electron chi connectivity index (χ1n) is 8.42. The van der Waals surface area contributed by atoms with Gasteiger partial charge in [-0.25, -0.2) is 0 Å². The fourth-order valence-corrected chi connectivity index (χ4v) is 3.70. The Bertz CT molecular complexity index is 441. The van der Waals surface area contributed by atoms with E-state index in [1.54, 1.807) is 0 Å². The van der Waals surface area contributed by atoms with Crippen LogP contribution in [-0.4, -0.2) is 44.1 Å². The lowest BCUT2D eigenvalue weighted by atomic mass is 10.1. The molecule has 0 aliphatic carbocycles. The number of likely N-dealkylation sites (tertiary alicyclic amines) is 1. The maximum Gasteiger partial charge on any atom is 0.191 e. The Balaban J connectivity index is 0.00000264. The van der Waals surface area contributed by atoms with Crippen molar-refractivity contribution in [2.75, 3.05) is 33.2 Å². The molecule has 2 rings (SSSR count). The van der Waals surface area contributed by atoms with Crippen LogP contribution in [0.15, 0.2) is 22.5 Å². The van der Waals surface area contributed by atoms with Gasteiger partial charge in [-0.1, -0.05) is 19.9 Å². The van der Waals surface area contributed by atoms with E-state index in [0.717, 1.165) is 19.0 Å². The fourth-order valence-electron chi connectivity index (χ4n) is 2.84. The molecule has 0 radical (unpaired) electrons. The van der Waals surface area contributed by atoms with E-state index in [2.05, 4.69) is 51.9 Å². The van der Waals surface area contributed by atoms with Crippen molar-refractivity contribution in [3.05, 3.63) is 22.4 Å². The molecule has 0 spiro atoms. The monoisotopic (exact) mass is 450 g/mol. The summed E-state index contributed by atoms with van der Waals surface area (Å²) in [5, 5.41) is 9.10. The van der Waals surface area contributed by atoms with Crippen molar-refractivity contribution in [1.29, 1.82) is 0 Å². The van der Waals surface area contributed by atoms with Crippen molar-refractivity contribution in [1.82, 2.24) is 15.5 Å². The van der Waals surface area contributed by atoms with Crippen LogP contribution in [0.25, 0.3) is 0 Å². The summed E-state index contributed by atoms with van der Waals surface area (Å²) in [4.78, 5) is 8.39. The van der Waals surface area contributed by atoms with Gasteiger partial charge in [0.1, 0.15) is 0 Å². The number of halogens is 1. The standard InChI is InChI=1S/C17H30N4S.HI/c1-14(2)8-9-19-17(18-3)20-13-15(16-7-6-12-22-16)21-10-4-5-11-21;/h6-7,12,14-15H,4-5,8-11,13H2,1-3H3,(H2,18,19,20);1H. The number of thiophene rings is 1. The van der Waals surface area contributed by atoms with Crippen LogP contribution in [-0.2, 0) is 0 Å². The first-order chi connectivity index (χ1) is 10.7. The minimum atomic E-state index is 0. The summed E-state index contributed by atoms with van der Waals surface area (Å²) in [5.74, 6) is 1.63. The Morgan fingerprint density at radius 3 is 2.61 bits per heavy atom. The summed E-state index contributed by atoms with van der Waals surface area (Å²) in [7, 11) is 1.85. The summed E-state index contributed by atoms with van der Waals surface area (Å²) >= 11 is 1.86. The molecule has 2 N–H and O–H groups in total. The van der Waals surface area contributed by atoms with Crippen LogP contribution in [0.5, 0.6) is 0 Å². The second-order valence-electron chi connectivity index (χ2n) is 6.34. The van der Waals surface area contributed by atoms with Gasteiger partial charge in [-0.15, -0.1) is 35.3 Å². The Labute approximate surface area is 162 Å². The van der Waals surface area contributed by atoms with Gasteiger partial charge in [-0.3, -0.25) is 9.89 Å². The molecule has 0 aromatic carbocycles. The first-order valence-corrected chi connectivity index (χ1v) is 9.30. The molecule has 1 unspecified atom stereocenters. The van der Waals surface area contributed by atoms with Gasteiger partial charge in [0.25, 0.3) is 0 Å². The molecule has 0 amide bonds. The highest BCUT2D eigenvalue weighted by Crippen LogP contribution is 2.27. The van der Waals surface area contributed by atoms with Crippen LogP contribution in [0.3, 0.4) is 0 Å². The predicted octanol–water partition coefficient (Wildman–Crippen LogP) is 3.71. The number of nitrogens with one attached hydrogen (secondary N) is 2. The zero-order valence-electron chi connectivity index (χ0n) is 14.5. The molecule has 2 heterocycles. The zero-order valence-corrected chi connectivity index (χ0v) is 17.7. The van der Waals surface area contributed by atoms with Crippen LogP contribution in [0.2, 0.25) is 0 Å². The maximum atomic E-state index is 4.34. The fraction of sp³-hybridized carbons (Fsp3) is 0.706. The molecule has 1 aliphatic heterocycles. The maximum absolute atomic E-state index is 4.34. The van der Waals surface area contributed by atoms with Gasteiger partial charge in [0, 0.05) is 25.0 Å². The highest BCUT2D eigenvalue weighted by Gasteiger charge is 2.24. The molecule has 1 atom stereocenters. The molecular weight excluding hydrogens is 419 g/mol. The van der Waals surface area contributed by atoms with E-state index in [9.17, 15) is 0 Å². The summed E-state index contributed by atoms with van der Waals surface area (Å²) in [6.45, 7) is 8.82. The summed E-state index contributed by atoms with van der Waals surface area (Å²) in [6, 6.07) is 4.87. The molecule has 1 aromatic rings. The Morgan fingerprint density at radius 1 is 1.30 bits per heavy atom. The van der Waals surface area contributed by atoms with Gasteiger partial charge in [0.2, 0.25) is 0 Å². The Kier molecular flexibility index (Phi) is 10.1. The number of hydrogen-bond acceptors (Lipinski definition) is 3. The molecule has 23 heavy (non-hydrogen) atoms. The second-order valence-corrected chi connectivity index (χ2v) is 7.32. The summed E-state index contributed by atoms with van der Waals surface area (Å²) < 4.78 is 0. The van der Waals surface area contributed by atoms with Gasteiger partial charge in [-0.05, 0) is 49.7 Å². The van der Waals surface area contributed by atoms with Gasteiger partial charge < -0.3 is 10.6 Å². The van der Waals surface area contributed by atoms with Crippen molar-refractivity contribution in [3.8, 4) is 0 Å². The van der Waals surface area contributed by atoms with Crippen molar-refractivity contribution in [2.45, 2.75) is 39.2 Å². The third-order valence-electron chi connectivity index (χ3n) is 4.15. The SMILES string of the molecule is CN=C(NCCC(C)C)NCC(c1cccs1)N1CCCC1.I. The molecule has 0 saturated carbocycles. The van der Waals surface area contributed by atoms with Crippen LogP contribution in [0.1, 0.15) is 44.0 Å². The van der Waals surface area contributed by atoms with Crippen molar-refractivity contribution < 1.29 is 0 Å². The predicted molar refractivity (Wildman–Crippen MR) is 112 cm³/mol. The average molecular weight is 450 g/mol. The highest BCUT2D eigenvalue weighted by atomic mass is 127. The zero-order chi connectivity index (χ0) is 15.8. The Morgan fingerprint density at radius 2 is 2.04 bits per heavy atom. The van der Waals surface area contributed by atoms with Crippen LogP contribution in [0, 0.1) is 5.92 Å². The number of rotatable bonds is 7. The average Bonchev–Trinajstić information content (AvgIpc) is 3.19. The molecule has 1 aromatic heterocycles. The largest absolute Gasteiger partial charge is 0.356 e. The topological polar surface area (TPSA) is 39.7 Å². The van der Waals surface area contributed by atoms with Crippen molar-refractivity contribution in [2.24, 2.45) is 10.9 Å². The molecule has 1 fully saturated rings. The lowest BCUT2D eigenvalue weighted by molar-refractivity contribution is 0.249. The van der Waals surface area contributed by atoms with E-state index >= 15 is 0 Å². The molecule has 4 nitrogen and oxygen atoms in total. The van der Waals surface area contributed by atoms with E-state index in [4.69, 9.17) is 0 Å². The van der Waals surface area contributed by atoms with E-state index in [1.807, 2.05) is 18.4 Å². The summed E-state index contributed by atoms with van der Waals surface area (Å²) in [6.07, 6.45) is 3.81. The van der Waals surface area contributed by atoms with E-state index in [-0.39, 0.29) is 24.0 Å². The van der Waals surface area contributed by atoms with Crippen LogP contribution in [0.4, 0.5) is 0 Å². The quantitative estimate of drug-likeness (QED) is 0.378. The van der Waals surface area contributed by atoms with Gasteiger partial charge in [0.05, 0.1) is 6.04 Å². The van der Waals surface area contributed by atoms with Crippen molar-refractivity contribution >= 4 is 41.3 Å². The number of nitrogens with zero attached hydrogens (tertiary/aromatic N) is 2. The Hall–Kier alpha value is -0.340. The third-order valence-corrected chi connectivity index (χ3v) is 5.13. The minimum Gasteiger partial charge on any atom is -0.356 e. The van der Waals surface area contributed by atoms with Crippen LogP contribution >= 0.6 is 35.3 Å². The molecule has 0 bridgehead atoms. The lowest BCUT2D eigenvalue weighted by Gasteiger charge is -2.27. The smallest absolute Gasteiger partial charge is 0.191 e. The number of aliphatic imine (C=N–C) groups is 1. The van der Waals surface area contributed by atoms with Gasteiger partial charge in [-0.2, -0.15) is 0 Å². The molecule has 132 valence electrons. The lowest BCUT2D eigenvalue weighted by Crippen LogP contribution is -2.42. The number of guanidine groups is 1. The molecular formula is C17H31IN4S. The van der Waals surface area contributed by atoms with Crippen molar-refractivity contribution in [3.63, 3.8) is 0 Å². The van der Waals surface area contributed by atoms with E-state index in [1.165, 1.54) is 37.2 Å². The minimum absolute atomic E-state index is 0. The first kappa shape index (κ1) is 20.7. The van der Waals surface area contributed by atoms with E-state index in [0.29, 0.717) is 12.0 Å². The summed E-state index contributed by atoms with van der Waals surface area (Å²) in [5.41, 5.74) is 0.